The number of thioether (sulfide) groups is 1. The molecule has 5 heteroatoms. The minimum Gasteiger partial charge on any atom is -0.326 e. The lowest BCUT2D eigenvalue weighted by Crippen LogP contribution is -2.13. The molecule has 2 aromatic rings. The normalized spacial score (nSPS) is 20.4. The fraction of sp³-hybridized carbons (Fsp3) is 0.538. The van der Waals surface area contributed by atoms with E-state index in [1.54, 1.807) is 0 Å². The predicted octanol–water partition coefficient (Wildman–Crippen LogP) is 1.87. The largest absolute Gasteiger partial charge is 0.326 e. The molecular weight excluding hydrogens is 244 g/mol. The molecule has 4 nitrogen and oxygen atoms in total. The summed E-state index contributed by atoms with van der Waals surface area (Å²) in [5.74, 6) is 4.26. The number of fused-ring (bicyclic) bond motifs is 1. The van der Waals surface area contributed by atoms with E-state index in [1.165, 1.54) is 24.3 Å². The Bertz CT molecular complexity index is 531. The summed E-state index contributed by atoms with van der Waals surface area (Å²) < 4.78 is 1.85. The fourth-order valence-electron chi connectivity index (χ4n) is 2.48. The van der Waals surface area contributed by atoms with Crippen molar-refractivity contribution in [1.82, 2.24) is 14.6 Å². The maximum Gasteiger partial charge on any atom is 0.160 e. The highest BCUT2D eigenvalue weighted by Gasteiger charge is 2.17. The zero-order chi connectivity index (χ0) is 12.4. The topological polar surface area (TPSA) is 56.2 Å². The second-order valence-electron chi connectivity index (χ2n) is 4.82. The highest BCUT2D eigenvalue weighted by atomic mass is 32.2. The Balaban J connectivity index is 1.84. The molecule has 2 aromatic heterocycles. The summed E-state index contributed by atoms with van der Waals surface area (Å²) in [5, 5.41) is 4.56. The number of aromatic nitrogens is 3. The SMILES string of the molecule is NCc1cccn2nc(CC3CCCSC3)nc12. The molecule has 2 N–H and O–H groups in total. The molecule has 1 atom stereocenters. The maximum absolute atomic E-state index is 5.72. The Morgan fingerprint density at radius 3 is 3.22 bits per heavy atom. The highest BCUT2D eigenvalue weighted by molar-refractivity contribution is 7.99. The number of pyridine rings is 1. The van der Waals surface area contributed by atoms with Gasteiger partial charge in [0, 0.05) is 24.7 Å². The Morgan fingerprint density at radius 2 is 2.44 bits per heavy atom. The molecule has 1 aliphatic rings. The summed E-state index contributed by atoms with van der Waals surface area (Å²) in [6.45, 7) is 0.516. The van der Waals surface area contributed by atoms with E-state index in [0.717, 1.165) is 29.4 Å². The number of nitrogens with two attached hydrogens (primary N) is 1. The van der Waals surface area contributed by atoms with Crippen molar-refractivity contribution in [3.63, 3.8) is 0 Å². The van der Waals surface area contributed by atoms with Crippen molar-refractivity contribution in [2.75, 3.05) is 11.5 Å². The van der Waals surface area contributed by atoms with Crippen LogP contribution < -0.4 is 5.73 Å². The summed E-state index contributed by atoms with van der Waals surface area (Å²) in [7, 11) is 0. The van der Waals surface area contributed by atoms with Gasteiger partial charge in [-0.05, 0) is 36.3 Å². The van der Waals surface area contributed by atoms with Crippen LogP contribution in [0.1, 0.15) is 24.2 Å². The molecule has 0 bridgehead atoms. The van der Waals surface area contributed by atoms with Gasteiger partial charge >= 0.3 is 0 Å². The smallest absolute Gasteiger partial charge is 0.160 e. The van der Waals surface area contributed by atoms with Gasteiger partial charge in [0.2, 0.25) is 0 Å². The molecular formula is C13H18N4S. The van der Waals surface area contributed by atoms with Gasteiger partial charge in [-0.1, -0.05) is 6.07 Å². The standard InChI is InChI=1S/C13H18N4S/c14-8-11-4-1-5-17-13(11)15-12(16-17)7-10-3-2-6-18-9-10/h1,4-5,10H,2-3,6-9,14H2. The molecule has 0 radical (unpaired) electrons. The van der Waals surface area contributed by atoms with Gasteiger partial charge in [-0.3, -0.25) is 0 Å². The van der Waals surface area contributed by atoms with Crippen LogP contribution in [0.15, 0.2) is 18.3 Å². The van der Waals surface area contributed by atoms with Crippen molar-refractivity contribution in [2.24, 2.45) is 11.7 Å². The van der Waals surface area contributed by atoms with Gasteiger partial charge < -0.3 is 5.73 Å². The lowest BCUT2D eigenvalue weighted by molar-refractivity contribution is 0.508. The molecule has 3 heterocycles. The first kappa shape index (κ1) is 12.0. The zero-order valence-electron chi connectivity index (χ0n) is 10.4. The van der Waals surface area contributed by atoms with Crippen LogP contribution in [-0.4, -0.2) is 26.1 Å². The molecule has 1 unspecified atom stereocenters. The molecule has 96 valence electrons. The molecule has 0 aliphatic carbocycles. The predicted molar refractivity (Wildman–Crippen MR) is 74.6 cm³/mol. The molecule has 0 amide bonds. The van der Waals surface area contributed by atoms with E-state index >= 15 is 0 Å². The van der Waals surface area contributed by atoms with Crippen molar-refractivity contribution in [1.29, 1.82) is 0 Å². The van der Waals surface area contributed by atoms with Crippen LogP contribution in [0, 0.1) is 5.92 Å². The highest BCUT2D eigenvalue weighted by Crippen LogP contribution is 2.25. The summed E-state index contributed by atoms with van der Waals surface area (Å²) in [4.78, 5) is 4.64. The zero-order valence-corrected chi connectivity index (χ0v) is 11.2. The fourth-order valence-corrected chi connectivity index (χ4v) is 3.63. The average molecular weight is 262 g/mol. The summed E-state index contributed by atoms with van der Waals surface area (Å²) >= 11 is 2.05. The van der Waals surface area contributed by atoms with E-state index in [1.807, 2.05) is 22.8 Å². The van der Waals surface area contributed by atoms with Gasteiger partial charge in [0.05, 0.1) is 0 Å². The maximum atomic E-state index is 5.72. The van der Waals surface area contributed by atoms with Crippen molar-refractivity contribution in [3.05, 3.63) is 29.7 Å². The van der Waals surface area contributed by atoms with Gasteiger partial charge in [-0.2, -0.15) is 16.9 Å². The monoisotopic (exact) mass is 262 g/mol. The first-order valence-electron chi connectivity index (χ1n) is 6.48. The second kappa shape index (κ2) is 5.28. The molecule has 0 spiro atoms. The van der Waals surface area contributed by atoms with Crippen molar-refractivity contribution < 1.29 is 0 Å². The van der Waals surface area contributed by atoms with E-state index in [-0.39, 0.29) is 0 Å². The quantitative estimate of drug-likeness (QED) is 0.917. The van der Waals surface area contributed by atoms with Gasteiger partial charge in [-0.25, -0.2) is 9.50 Å². The Kier molecular flexibility index (Phi) is 3.52. The summed E-state index contributed by atoms with van der Waals surface area (Å²) in [6, 6.07) is 3.99. The Morgan fingerprint density at radius 1 is 1.50 bits per heavy atom. The van der Waals surface area contributed by atoms with Crippen molar-refractivity contribution in [3.8, 4) is 0 Å². The third-order valence-corrected chi connectivity index (χ3v) is 4.72. The average Bonchev–Trinajstić information content (AvgIpc) is 2.82. The minimum atomic E-state index is 0.516. The van der Waals surface area contributed by atoms with E-state index in [9.17, 15) is 0 Å². The van der Waals surface area contributed by atoms with E-state index in [2.05, 4.69) is 21.8 Å². The van der Waals surface area contributed by atoms with Crippen molar-refractivity contribution in [2.45, 2.75) is 25.8 Å². The van der Waals surface area contributed by atoms with Crippen LogP contribution in [0.25, 0.3) is 5.65 Å². The lowest BCUT2D eigenvalue weighted by Gasteiger charge is -2.19. The van der Waals surface area contributed by atoms with Crippen LogP contribution in [-0.2, 0) is 13.0 Å². The first-order valence-corrected chi connectivity index (χ1v) is 7.63. The molecule has 0 saturated carbocycles. The molecule has 0 aromatic carbocycles. The molecule has 18 heavy (non-hydrogen) atoms. The molecule has 1 saturated heterocycles. The summed E-state index contributed by atoms with van der Waals surface area (Å²) in [5.41, 5.74) is 7.70. The number of hydrogen-bond acceptors (Lipinski definition) is 4. The Labute approximate surface area is 111 Å². The van der Waals surface area contributed by atoms with Crippen LogP contribution in [0.2, 0.25) is 0 Å². The van der Waals surface area contributed by atoms with E-state index in [0.29, 0.717) is 6.54 Å². The van der Waals surface area contributed by atoms with Gasteiger partial charge in [0.15, 0.2) is 11.5 Å². The second-order valence-corrected chi connectivity index (χ2v) is 5.97. The van der Waals surface area contributed by atoms with E-state index < -0.39 is 0 Å². The van der Waals surface area contributed by atoms with Crippen LogP contribution in [0.3, 0.4) is 0 Å². The van der Waals surface area contributed by atoms with E-state index in [4.69, 9.17) is 5.73 Å². The number of nitrogens with zero attached hydrogens (tertiary/aromatic N) is 3. The van der Waals surface area contributed by atoms with Gasteiger partial charge in [0.25, 0.3) is 0 Å². The van der Waals surface area contributed by atoms with Gasteiger partial charge in [-0.15, -0.1) is 0 Å². The lowest BCUT2D eigenvalue weighted by atomic mass is 10.0. The number of rotatable bonds is 3. The minimum absolute atomic E-state index is 0.516. The Hall–Kier alpha value is -1.07. The van der Waals surface area contributed by atoms with Crippen molar-refractivity contribution >= 4 is 17.4 Å². The number of hydrogen-bond donors (Lipinski definition) is 1. The first-order chi connectivity index (χ1) is 8.86. The summed E-state index contributed by atoms with van der Waals surface area (Å²) in [6.07, 6.45) is 5.59. The molecule has 1 aliphatic heterocycles. The third-order valence-electron chi connectivity index (χ3n) is 3.43. The van der Waals surface area contributed by atoms with Crippen LogP contribution in [0.4, 0.5) is 0 Å². The third kappa shape index (κ3) is 2.37. The van der Waals surface area contributed by atoms with Gasteiger partial charge in [0.1, 0.15) is 0 Å². The molecule has 1 fully saturated rings. The van der Waals surface area contributed by atoms with Crippen LogP contribution in [0.5, 0.6) is 0 Å². The molecule has 3 rings (SSSR count). The van der Waals surface area contributed by atoms with Crippen LogP contribution >= 0.6 is 11.8 Å².